The van der Waals surface area contributed by atoms with Gasteiger partial charge in [0.2, 0.25) is 5.91 Å². The highest BCUT2D eigenvalue weighted by Crippen LogP contribution is 2.35. The van der Waals surface area contributed by atoms with Crippen molar-refractivity contribution in [2.45, 2.75) is 77.7 Å². The van der Waals surface area contributed by atoms with Crippen molar-refractivity contribution in [1.29, 1.82) is 0 Å². The Bertz CT molecular complexity index is 2280. The molecule has 2 aliphatic heterocycles. The lowest BCUT2D eigenvalue weighted by Crippen LogP contribution is -2.54. The van der Waals surface area contributed by atoms with Gasteiger partial charge in [0.1, 0.15) is 23.9 Å². The molecular weight excluding hydrogens is 729 g/mol. The van der Waals surface area contributed by atoms with Crippen molar-refractivity contribution in [2.75, 3.05) is 27.3 Å². The highest BCUT2D eigenvalue weighted by molar-refractivity contribution is 5.91. The lowest BCUT2D eigenvalue weighted by molar-refractivity contribution is -0.135. The van der Waals surface area contributed by atoms with E-state index in [-0.39, 0.29) is 35.9 Å². The summed E-state index contributed by atoms with van der Waals surface area (Å²) >= 11 is 0. The number of ether oxygens (including phenoxy) is 2. The predicted octanol–water partition coefficient (Wildman–Crippen LogP) is 6.40. The molecule has 5 heterocycles. The van der Waals surface area contributed by atoms with Crippen molar-refractivity contribution in [3.63, 3.8) is 0 Å². The van der Waals surface area contributed by atoms with E-state index >= 15 is 0 Å². The van der Waals surface area contributed by atoms with Crippen molar-refractivity contribution in [1.82, 2.24) is 50.7 Å². The van der Waals surface area contributed by atoms with Crippen LogP contribution in [0.4, 0.5) is 14.4 Å². The predicted molar refractivity (Wildman–Crippen MR) is 214 cm³/mol. The summed E-state index contributed by atoms with van der Waals surface area (Å²) in [6, 6.07) is 12.9. The Morgan fingerprint density at radius 1 is 0.737 bits per heavy atom. The van der Waals surface area contributed by atoms with Crippen LogP contribution in [-0.2, 0) is 14.3 Å². The number of hydrogen-bond acceptors (Lipinski definition) is 9. The molecule has 300 valence electrons. The molecule has 5 N–H and O–H groups in total. The Hall–Kier alpha value is -6.19. The van der Waals surface area contributed by atoms with E-state index in [2.05, 4.69) is 50.2 Å². The second kappa shape index (κ2) is 16.5. The molecule has 0 bridgehead atoms. The molecule has 0 aliphatic carbocycles. The number of aromatic amines is 2. The third kappa shape index (κ3) is 8.20. The van der Waals surface area contributed by atoms with Gasteiger partial charge in [-0.1, -0.05) is 52.0 Å². The summed E-state index contributed by atoms with van der Waals surface area (Å²) in [5.41, 5.74) is 5.06. The minimum Gasteiger partial charge on any atom is -0.453 e. The average Bonchev–Trinajstić information content (AvgIpc) is 4.04. The smallest absolute Gasteiger partial charge is 0.408 e. The zero-order valence-electron chi connectivity index (χ0n) is 33.1. The Labute approximate surface area is 330 Å². The molecule has 4 atom stereocenters. The summed E-state index contributed by atoms with van der Waals surface area (Å²) in [6.07, 6.45) is 4.95. The molecule has 2 saturated heterocycles. The normalized spacial score (nSPS) is 18.0. The number of imidazole rings is 2. The van der Waals surface area contributed by atoms with Crippen LogP contribution in [0.5, 0.6) is 0 Å². The number of likely N-dealkylation sites (tertiary alicyclic amines) is 2. The molecule has 7 rings (SSSR count). The van der Waals surface area contributed by atoms with E-state index in [9.17, 15) is 19.2 Å². The monoisotopic (exact) mass is 778 g/mol. The number of benzene rings is 2. The Morgan fingerprint density at radius 3 is 2.07 bits per heavy atom. The summed E-state index contributed by atoms with van der Waals surface area (Å²) < 4.78 is 9.49. The molecule has 5 amide bonds. The minimum atomic E-state index is -0.697. The fourth-order valence-corrected chi connectivity index (χ4v) is 7.73. The molecule has 0 saturated carbocycles. The third-order valence-corrected chi connectivity index (χ3v) is 10.9. The fraction of sp³-hybridized carbons (Fsp3) is 0.439. The van der Waals surface area contributed by atoms with Gasteiger partial charge in [-0.2, -0.15) is 0 Å². The first-order chi connectivity index (χ1) is 27.4. The van der Waals surface area contributed by atoms with Crippen molar-refractivity contribution < 1.29 is 28.7 Å². The quantitative estimate of drug-likeness (QED) is 0.0996. The maximum Gasteiger partial charge on any atom is 0.408 e. The zero-order chi connectivity index (χ0) is 40.4. The van der Waals surface area contributed by atoms with Gasteiger partial charge in [0.05, 0.1) is 61.1 Å². The second-order valence-electron chi connectivity index (χ2n) is 15.4. The largest absolute Gasteiger partial charge is 0.453 e. The summed E-state index contributed by atoms with van der Waals surface area (Å²) in [6.45, 7) is 8.76. The summed E-state index contributed by atoms with van der Waals surface area (Å²) in [5, 5.41) is 10.4. The van der Waals surface area contributed by atoms with Crippen LogP contribution >= 0.6 is 0 Å². The molecule has 2 fully saturated rings. The maximum absolute atomic E-state index is 13.6. The highest BCUT2D eigenvalue weighted by atomic mass is 16.5. The number of carbonyl (C=O) groups is 4. The van der Waals surface area contributed by atoms with E-state index < -0.39 is 24.4 Å². The van der Waals surface area contributed by atoms with Gasteiger partial charge in [-0.15, -0.1) is 0 Å². The van der Waals surface area contributed by atoms with Crippen LogP contribution in [0.15, 0.2) is 54.9 Å². The zero-order valence-corrected chi connectivity index (χ0v) is 33.1. The average molecular weight is 779 g/mol. The number of methoxy groups -OCH3 is 2. The van der Waals surface area contributed by atoms with Crippen LogP contribution in [0, 0.1) is 11.8 Å². The van der Waals surface area contributed by atoms with Gasteiger partial charge in [0.15, 0.2) is 0 Å². The van der Waals surface area contributed by atoms with Crippen LogP contribution in [0.25, 0.3) is 44.3 Å². The summed E-state index contributed by atoms with van der Waals surface area (Å²) in [7, 11) is 2.58. The van der Waals surface area contributed by atoms with Crippen LogP contribution in [0.2, 0.25) is 0 Å². The van der Waals surface area contributed by atoms with Gasteiger partial charge in [0.25, 0.3) is 0 Å². The van der Waals surface area contributed by atoms with E-state index in [0.717, 1.165) is 70.0 Å². The minimum absolute atomic E-state index is 0.0527. The molecule has 16 heteroatoms. The second-order valence-corrected chi connectivity index (χ2v) is 15.4. The van der Waals surface area contributed by atoms with Crippen LogP contribution in [0.1, 0.15) is 77.1 Å². The number of rotatable bonds is 10. The number of amides is 5. The molecule has 0 radical (unpaired) electrons. The molecule has 0 spiro atoms. The molecular formula is C41H50N10O6. The van der Waals surface area contributed by atoms with Crippen molar-refractivity contribution in [2.24, 2.45) is 11.8 Å². The van der Waals surface area contributed by atoms with E-state index in [1.807, 2.05) is 45.9 Å². The van der Waals surface area contributed by atoms with Gasteiger partial charge in [-0.05, 0) is 66.5 Å². The Morgan fingerprint density at radius 2 is 1.39 bits per heavy atom. The van der Waals surface area contributed by atoms with E-state index in [1.54, 1.807) is 22.2 Å². The summed E-state index contributed by atoms with van der Waals surface area (Å²) in [5.74, 6) is 1.09. The topological polar surface area (TPSA) is 200 Å². The Kier molecular flexibility index (Phi) is 11.3. The lowest BCUT2D eigenvalue weighted by atomic mass is 10.0. The number of urea groups is 1. The van der Waals surface area contributed by atoms with Crippen LogP contribution in [-0.4, -0.2) is 98.4 Å². The van der Waals surface area contributed by atoms with Crippen molar-refractivity contribution in [3.8, 4) is 22.5 Å². The summed E-state index contributed by atoms with van der Waals surface area (Å²) in [4.78, 5) is 75.6. The van der Waals surface area contributed by atoms with E-state index in [4.69, 9.17) is 24.4 Å². The van der Waals surface area contributed by atoms with Gasteiger partial charge >= 0.3 is 18.2 Å². The Balaban J connectivity index is 1.05. The van der Waals surface area contributed by atoms with Crippen molar-refractivity contribution >= 4 is 45.9 Å². The van der Waals surface area contributed by atoms with Gasteiger partial charge < -0.3 is 45.2 Å². The number of H-pyrrole nitrogens is 2. The van der Waals surface area contributed by atoms with E-state index in [0.29, 0.717) is 24.7 Å². The van der Waals surface area contributed by atoms with E-state index in [1.165, 1.54) is 14.2 Å². The molecule has 2 aromatic carbocycles. The number of aromatic nitrogens is 5. The van der Waals surface area contributed by atoms with Gasteiger partial charge in [0, 0.05) is 24.2 Å². The van der Waals surface area contributed by atoms with Crippen LogP contribution in [0.3, 0.4) is 0 Å². The molecule has 0 unspecified atom stereocenters. The molecule has 2 aliphatic rings. The molecule has 16 nitrogen and oxygen atoms in total. The maximum atomic E-state index is 13.6. The fourth-order valence-electron chi connectivity index (χ4n) is 7.73. The first-order valence-corrected chi connectivity index (χ1v) is 19.5. The standard InChI is InChI=1S/C41H50N10O6/c1-22(2)34(47-40(54)56-5)38(52)50-15-7-9-32(50)36-43-20-30(45-36)27-14-12-24-17-26(13-11-25(24)18-27)28-19-29-31(21-42-28)46-37(44-29)33-10-8-16-51(33)39(53)48-35(23(3)4)49-41(55)57-6/h11-14,17-23,32-35H,7-10,15-16H2,1-6H3,(H,43,45)(H,44,46)(H,47,54)(H,48,53)(H,49,55)/t32-,33-,34-,35-/m0/s1. The molecule has 5 aromatic rings. The van der Waals surface area contributed by atoms with Crippen molar-refractivity contribution in [3.05, 3.63) is 66.5 Å². The molecule has 57 heavy (non-hydrogen) atoms. The lowest BCUT2D eigenvalue weighted by Gasteiger charge is -2.30. The number of hydrogen-bond donors (Lipinski definition) is 5. The number of nitrogens with one attached hydrogen (secondary N) is 5. The number of carbonyl (C=O) groups excluding carboxylic acids is 4. The van der Waals surface area contributed by atoms with Crippen LogP contribution < -0.4 is 16.0 Å². The number of pyridine rings is 1. The number of nitrogens with zero attached hydrogens (tertiary/aromatic N) is 5. The third-order valence-electron chi connectivity index (χ3n) is 10.9. The van der Waals surface area contributed by atoms with Gasteiger partial charge in [-0.3, -0.25) is 9.78 Å². The number of fused-ring (bicyclic) bond motifs is 2. The SMILES string of the molecule is COC(=O)N[C@H](NC(=O)N1CCC[C@H]1c1nc2cc(-c3ccc4cc(-c5cnc([C@@H]6CCCN6C(=O)[C@@H](NC(=O)OC)C(C)C)[nH]5)ccc4c3)ncc2[nH]1)C(C)C. The molecule has 3 aromatic heterocycles. The highest BCUT2D eigenvalue weighted by Gasteiger charge is 2.38. The first-order valence-electron chi connectivity index (χ1n) is 19.5. The first kappa shape index (κ1) is 39.1. The number of alkyl carbamates (subject to hydrolysis) is 2. The van der Waals surface area contributed by atoms with Gasteiger partial charge in [-0.25, -0.2) is 24.4 Å².